The van der Waals surface area contributed by atoms with Gasteiger partial charge in [-0.05, 0) is 37.5 Å². The normalized spacial score (nSPS) is 14.4. The zero-order chi connectivity index (χ0) is 23.8. The van der Waals surface area contributed by atoms with Crippen molar-refractivity contribution in [3.63, 3.8) is 0 Å². The molecule has 0 aliphatic heterocycles. The first-order valence-electron chi connectivity index (χ1n) is 11.1. The van der Waals surface area contributed by atoms with Crippen LogP contribution in [0, 0.1) is 0 Å². The fraction of sp³-hybridized carbons (Fsp3) is 0.440. The predicted molar refractivity (Wildman–Crippen MR) is 130 cm³/mol. The van der Waals surface area contributed by atoms with Crippen molar-refractivity contribution in [3.8, 4) is 17.2 Å². The minimum absolute atomic E-state index is 0.143. The lowest BCUT2D eigenvalue weighted by molar-refractivity contribution is -0.142. The first-order chi connectivity index (χ1) is 15.9. The van der Waals surface area contributed by atoms with Gasteiger partial charge in [-0.3, -0.25) is 9.59 Å². The van der Waals surface area contributed by atoms with Crippen molar-refractivity contribution >= 4 is 27.7 Å². The first-order valence-corrected chi connectivity index (χ1v) is 11.9. The van der Waals surface area contributed by atoms with Gasteiger partial charge in [0.1, 0.15) is 23.3 Å². The zero-order valence-electron chi connectivity index (χ0n) is 19.3. The van der Waals surface area contributed by atoms with E-state index in [0.29, 0.717) is 23.8 Å². The van der Waals surface area contributed by atoms with Gasteiger partial charge in [0, 0.05) is 35.3 Å². The second-order valence-electron chi connectivity index (χ2n) is 8.15. The molecule has 0 heterocycles. The topological polar surface area (TPSA) is 77.1 Å². The molecule has 33 heavy (non-hydrogen) atoms. The number of rotatable bonds is 10. The number of carbonyl (C=O) groups excluding carboxylic acids is 2. The summed E-state index contributed by atoms with van der Waals surface area (Å²) >= 11 is 3.43. The molecule has 3 rings (SSSR count). The maximum absolute atomic E-state index is 13.2. The Balaban J connectivity index is 1.73. The number of nitrogens with zero attached hydrogens (tertiary/aromatic N) is 1. The maximum atomic E-state index is 13.2. The number of amides is 2. The van der Waals surface area contributed by atoms with E-state index in [0.717, 1.165) is 35.7 Å². The SMILES string of the molecule is COc1cc(OC)cc(OCC(=O)N(Cc2ccc(Br)cc2)C(C)C(=O)NC2CCCC2)c1. The van der Waals surface area contributed by atoms with Crippen molar-refractivity contribution in [2.75, 3.05) is 20.8 Å². The summed E-state index contributed by atoms with van der Waals surface area (Å²) in [7, 11) is 3.10. The number of benzene rings is 2. The third-order valence-corrected chi connectivity index (χ3v) is 6.35. The Morgan fingerprint density at radius 2 is 1.61 bits per heavy atom. The van der Waals surface area contributed by atoms with Crippen molar-refractivity contribution in [3.05, 3.63) is 52.5 Å². The number of carbonyl (C=O) groups is 2. The number of methoxy groups -OCH3 is 2. The van der Waals surface area contributed by atoms with Crippen LogP contribution in [0.4, 0.5) is 0 Å². The smallest absolute Gasteiger partial charge is 0.261 e. The van der Waals surface area contributed by atoms with E-state index in [2.05, 4.69) is 21.2 Å². The number of halogens is 1. The number of nitrogens with one attached hydrogen (secondary N) is 1. The van der Waals surface area contributed by atoms with Crippen LogP contribution in [-0.4, -0.2) is 49.6 Å². The highest BCUT2D eigenvalue weighted by Gasteiger charge is 2.28. The van der Waals surface area contributed by atoms with E-state index in [4.69, 9.17) is 14.2 Å². The summed E-state index contributed by atoms with van der Waals surface area (Å²) in [5.74, 6) is 1.15. The third kappa shape index (κ3) is 7.12. The Bertz CT molecular complexity index is 922. The number of ether oxygens (including phenoxy) is 3. The van der Waals surface area contributed by atoms with E-state index < -0.39 is 6.04 Å². The molecular weight excluding hydrogens is 488 g/mol. The highest BCUT2D eigenvalue weighted by atomic mass is 79.9. The van der Waals surface area contributed by atoms with Crippen LogP contribution in [0.2, 0.25) is 0 Å². The van der Waals surface area contributed by atoms with Crippen molar-refractivity contribution in [2.24, 2.45) is 0 Å². The van der Waals surface area contributed by atoms with Gasteiger partial charge in [0.15, 0.2) is 6.61 Å². The van der Waals surface area contributed by atoms with Crippen molar-refractivity contribution in [1.82, 2.24) is 10.2 Å². The molecule has 7 nitrogen and oxygen atoms in total. The Morgan fingerprint density at radius 3 is 2.18 bits per heavy atom. The van der Waals surface area contributed by atoms with Crippen LogP contribution >= 0.6 is 15.9 Å². The molecule has 1 aliphatic rings. The molecule has 0 aromatic heterocycles. The lowest BCUT2D eigenvalue weighted by atomic mass is 10.1. The highest BCUT2D eigenvalue weighted by Crippen LogP contribution is 2.27. The average molecular weight is 519 g/mol. The summed E-state index contributed by atoms with van der Waals surface area (Å²) < 4.78 is 17.2. The molecule has 0 radical (unpaired) electrons. The minimum Gasteiger partial charge on any atom is -0.496 e. The quantitative estimate of drug-likeness (QED) is 0.506. The molecule has 178 valence electrons. The molecule has 2 aromatic rings. The van der Waals surface area contributed by atoms with E-state index in [9.17, 15) is 9.59 Å². The molecule has 0 bridgehead atoms. The largest absolute Gasteiger partial charge is 0.496 e. The average Bonchev–Trinajstić information content (AvgIpc) is 3.34. The van der Waals surface area contributed by atoms with Crippen LogP contribution in [0.25, 0.3) is 0 Å². The van der Waals surface area contributed by atoms with Crippen LogP contribution in [0.3, 0.4) is 0 Å². The van der Waals surface area contributed by atoms with Crippen molar-refractivity contribution < 1.29 is 23.8 Å². The second-order valence-corrected chi connectivity index (χ2v) is 9.07. The lowest BCUT2D eigenvalue weighted by Crippen LogP contribution is -2.50. The van der Waals surface area contributed by atoms with Gasteiger partial charge in [-0.2, -0.15) is 0 Å². The standard InChI is InChI=1S/C25H31BrN2O5/c1-17(25(30)27-20-6-4-5-7-20)28(15-18-8-10-19(26)11-9-18)24(29)16-33-23-13-21(31-2)12-22(14-23)32-3/h8-14,17,20H,4-7,15-16H2,1-3H3,(H,27,30). The van der Waals surface area contributed by atoms with Gasteiger partial charge in [-0.15, -0.1) is 0 Å². The summed E-state index contributed by atoms with van der Waals surface area (Å²) in [6.45, 7) is 1.85. The van der Waals surface area contributed by atoms with Gasteiger partial charge in [0.05, 0.1) is 14.2 Å². The van der Waals surface area contributed by atoms with Gasteiger partial charge in [-0.25, -0.2) is 0 Å². The monoisotopic (exact) mass is 518 g/mol. The van der Waals surface area contributed by atoms with Crippen LogP contribution < -0.4 is 19.5 Å². The molecular formula is C25H31BrN2O5. The van der Waals surface area contributed by atoms with E-state index in [-0.39, 0.29) is 24.5 Å². The molecule has 2 amide bonds. The summed E-state index contributed by atoms with van der Waals surface area (Å²) in [6.07, 6.45) is 4.22. The molecule has 1 atom stereocenters. The third-order valence-electron chi connectivity index (χ3n) is 5.82. The lowest BCUT2D eigenvalue weighted by Gasteiger charge is -2.29. The number of hydrogen-bond acceptors (Lipinski definition) is 5. The predicted octanol–water partition coefficient (Wildman–Crippen LogP) is 4.32. The van der Waals surface area contributed by atoms with Crippen LogP contribution in [-0.2, 0) is 16.1 Å². The molecule has 1 unspecified atom stereocenters. The summed E-state index contributed by atoms with van der Waals surface area (Å²) in [6, 6.07) is 12.3. The summed E-state index contributed by atoms with van der Waals surface area (Å²) in [5, 5.41) is 3.10. The van der Waals surface area contributed by atoms with Gasteiger partial charge in [0.2, 0.25) is 5.91 Å². The van der Waals surface area contributed by atoms with Gasteiger partial charge >= 0.3 is 0 Å². The highest BCUT2D eigenvalue weighted by molar-refractivity contribution is 9.10. The van der Waals surface area contributed by atoms with E-state index in [1.54, 1.807) is 44.2 Å². The van der Waals surface area contributed by atoms with Crippen molar-refractivity contribution in [2.45, 2.75) is 51.2 Å². The Labute approximate surface area is 203 Å². The molecule has 1 aliphatic carbocycles. The summed E-state index contributed by atoms with van der Waals surface area (Å²) in [5.41, 5.74) is 0.926. The van der Waals surface area contributed by atoms with Crippen molar-refractivity contribution in [1.29, 1.82) is 0 Å². The molecule has 0 spiro atoms. The van der Waals surface area contributed by atoms with E-state index >= 15 is 0 Å². The Hall–Kier alpha value is -2.74. The summed E-state index contributed by atoms with van der Waals surface area (Å²) in [4.78, 5) is 27.7. The second kappa shape index (κ2) is 11.9. The van der Waals surface area contributed by atoms with Gasteiger partial charge < -0.3 is 24.4 Å². The molecule has 0 saturated heterocycles. The zero-order valence-corrected chi connectivity index (χ0v) is 20.9. The molecule has 1 fully saturated rings. The van der Waals surface area contributed by atoms with E-state index in [1.165, 1.54) is 0 Å². The molecule has 2 aromatic carbocycles. The van der Waals surface area contributed by atoms with Gasteiger partial charge in [-0.1, -0.05) is 40.9 Å². The Morgan fingerprint density at radius 1 is 1.03 bits per heavy atom. The molecule has 1 N–H and O–H groups in total. The van der Waals surface area contributed by atoms with Crippen LogP contribution in [0.1, 0.15) is 38.2 Å². The van der Waals surface area contributed by atoms with Crippen LogP contribution in [0.15, 0.2) is 46.9 Å². The maximum Gasteiger partial charge on any atom is 0.261 e. The fourth-order valence-electron chi connectivity index (χ4n) is 3.85. The molecule has 1 saturated carbocycles. The van der Waals surface area contributed by atoms with Gasteiger partial charge in [0.25, 0.3) is 5.91 Å². The van der Waals surface area contributed by atoms with Crippen LogP contribution in [0.5, 0.6) is 17.2 Å². The Kier molecular flexibility index (Phi) is 9.00. The minimum atomic E-state index is -0.634. The molecule has 8 heteroatoms. The number of hydrogen-bond donors (Lipinski definition) is 1. The van der Waals surface area contributed by atoms with E-state index in [1.807, 2.05) is 24.3 Å². The fourth-order valence-corrected chi connectivity index (χ4v) is 4.12. The first kappa shape index (κ1) is 24.9.